The van der Waals surface area contributed by atoms with Gasteiger partial charge in [-0.15, -0.1) is 6.42 Å². The summed E-state index contributed by atoms with van der Waals surface area (Å²) in [4.78, 5) is 29.2. The number of aliphatic hydroxyl groups is 1. The number of nitrogens with zero attached hydrogens (tertiary/aromatic N) is 5. The van der Waals surface area contributed by atoms with Crippen LogP contribution in [0.4, 0.5) is 20.3 Å². The molecule has 2 aliphatic heterocycles. The molecule has 2 aromatic rings. The van der Waals surface area contributed by atoms with Crippen LogP contribution in [0.2, 0.25) is 0 Å². The number of carbonyl (C=O) groups excluding carboxylic acids is 1. The molecule has 2 N–H and O–H groups in total. The molecule has 7 rings (SSSR count). The predicted octanol–water partition coefficient (Wildman–Crippen LogP) is 6.15. The molecule has 0 bridgehead atoms. The van der Waals surface area contributed by atoms with Gasteiger partial charge >= 0.3 is 6.01 Å². The van der Waals surface area contributed by atoms with Crippen LogP contribution in [-0.2, 0) is 24.1 Å². The van der Waals surface area contributed by atoms with Crippen LogP contribution in [0.5, 0.6) is 6.01 Å². The molecular formula is C42H56F2N6O3. The normalized spacial score (nSPS) is 29.5. The standard InChI is InChI=1S/C42H56F2N6O3/c1-6-32-34(44)15-12-28-11-10-22-49(37(28)32)31-13-14-33-35(23-31)46-39(47-38(33)45-26-42(18-8-9-19-42)48(5)36(51)7-2)53-27-40(3)24-29(43)25-50(40)30-16-20-41(4,52)21-17-30/h1,7,12,15,29-31,52H,2,8-11,13-14,16-27H2,3-5H3,(H,45,46,47)/t29-,30?,31-,40+,41?/m1/s1. The first-order chi connectivity index (χ1) is 25.3. The molecule has 1 aromatic heterocycles. The van der Waals surface area contributed by atoms with Gasteiger partial charge in [0, 0.05) is 57.2 Å². The number of anilines is 2. The molecule has 3 atom stereocenters. The monoisotopic (exact) mass is 730 g/mol. The third kappa shape index (κ3) is 7.38. The molecule has 5 aliphatic rings. The summed E-state index contributed by atoms with van der Waals surface area (Å²) in [6.07, 6.45) is 17.5. The van der Waals surface area contributed by atoms with E-state index in [-0.39, 0.29) is 42.0 Å². The van der Waals surface area contributed by atoms with Crippen LogP contribution in [-0.4, -0.2) is 99.0 Å². The highest BCUT2D eigenvalue weighted by Gasteiger charge is 2.48. The van der Waals surface area contributed by atoms with Crippen LogP contribution < -0.4 is 15.0 Å². The molecule has 11 heteroatoms. The Morgan fingerprint density at radius 2 is 1.91 bits per heavy atom. The molecule has 1 amide bonds. The number of aryl methyl sites for hydroxylation is 1. The van der Waals surface area contributed by atoms with Gasteiger partial charge in [0.05, 0.1) is 33.6 Å². The molecule has 9 nitrogen and oxygen atoms in total. The smallest absolute Gasteiger partial charge is 0.318 e. The number of likely N-dealkylation sites (tertiary alicyclic amines) is 1. The van der Waals surface area contributed by atoms with Crippen molar-refractivity contribution in [2.24, 2.45) is 0 Å². The van der Waals surface area contributed by atoms with Crippen molar-refractivity contribution in [3.63, 3.8) is 0 Å². The molecule has 53 heavy (non-hydrogen) atoms. The second-order valence-corrected chi connectivity index (χ2v) is 16.9. The van der Waals surface area contributed by atoms with Crippen LogP contribution in [0.15, 0.2) is 24.8 Å². The van der Waals surface area contributed by atoms with Crippen molar-refractivity contribution in [3.8, 4) is 18.4 Å². The lowest BCUT2D eigenvalue weighted by molar-refractivity contribution is -0.129. The van der Waals surface area contributed by atoms with Crippen molar-refractivity contribution in [2.75, 3.05) is 43.5 Å². The number of terminal acetylenes is 1. The zero-order valence-corrected chi connectivity index (χ0v) is 31.7. The highest BCUT2D eigenvalue weighted by Crippen LogP contribution is 2.42. The van der Waals surface area contributed by atoms with Gasteiger partial charge in [-0.3, -0.25) is 9.69 Å². The fraction of sp³-hybridized carbons (Fsp3) is 0.643. The number of aromatic nitrogens is 2. The van der Waals surface area contributed by atoms with Gasteiger partial charge in [0.25, 0.3) is 0 Å². The Kier molecular flexibility index (Phi) is 10.5. The number of halogens is 2. The molecule has 0 spiro atoms. The van der Waals surface area contributed by atoms with Crippen molar-refractivity contribution in [1.29, 1.82) is 0 Å². The fourth-order valence-electron chi connectivity index (χ4n) is 10.1. The zero-order valence-electron chi connectivity index (χ0n) is 31.7. The minimum Gasteiger partial charge on any atom is -0.461 e. The van der Waals surface area contributed by atoms with Gasteiger partial charge in [-0.25, -0.2) is 8.78 Å². The molecule has 3 fully saturated rings. The number of benzene rings is 1. The Labute approximate surface area is 313 Å². The summed E-state index contributed by atoms with van der Waals surface area (Å²) in [6, 6.07) is 3.82. The lowest BCUT2D eigenvalue weighted by Crippen LogP contribution is -2.53. The second kappa shape index (κ2) is 14.8. The average Bonchev–Trinajstić information content (AvgIpc) is 3.76. The Morgan fingerprint density at radius 1 is 1.15 bits per heavy atom. The molecule has 1 saturated heterocycles. The second-order valence-electron chi connectivity index (χ2n) is 16.9. The zero-order chi connectivity index (χ0) is 37.5. The molecular weight excluding hydrogens is 674 g/mol. The number of amides is 1. The predicted molar refractivity (Wildman–Crippen MR) is 204 cm³/mol. The molecule has 2 saturated carbocycles. The largest absolute Gasteiger partial charge is 0.461 e. The van der Waals surface area contributed by atoms with Crippen LogP contribution in [0.1, 0.15) is 107 Å². The Bertz CT molecular complexity index is 1740. The molecule has 1 aromatic carbocycles. The van der Waals surface area contributed by atoms with E-state index in [0.29, 0.717) is 56.6 Å². The summed E-state index contributed by atoms with van der Waals surface area (Å²) in [5.74, 6) is 2.86. The number of carbonyl (C=O) groups is 1. The maximum Gasteiger partial charge on any atom is 0.318 e. The molecule has 0 unspecified atom stereocenters. The van der Waals surface area contributed by atoms with Gasteiger partial charge in [-0.1, -0.05) is 31.4 Å². The van der Waals surface area contributed by atoms with E-state index in [1.807, 2.05) is 24.9 Å². The number of rotatable bonds is 10. The SMILES string of the molecule is C#Cc1c(F)ccc2c1N([C@@H]1CCc3c(nc(OC[C@]4(C)C[C@@H](F)CN4C4CCC(C)(O)CC4)nc3NCC3(N(C)C(=O)C=C)CCCC3)C1)CCC2. The maximum absolute atomic E-state index is 15.2. The molecule has 286 valence electrons. The first-order valence-corrected chi connectivity index (χ1v) is 19.7. The van der Waals surface area contributed by atoms with Crippen molar-refractivity contribution >= 4 is 17.4 Å². The van der Waals surface area contributed by atoms with Gasteiger partial charge in [0.2, 0.25) is 5.91 Å². The van der Waals surface area contributed by atoms with Crippen LogP contribution in [0.25, 0.3) is 0 Å². The highest BCUT2D eigenvalue weighted by atomic mass is 19.1. The summed E-state index contributed by atoms with van der Waals surface area (Å²) in [6.45, 7) is 9.57. The molecule has 3 aliphatic carbocycles. The van der Waals surface area contributed by atoms with E-state index in [1.165, 1.54) is 12.1 Å². The number of fused-ring (bicyclic) bond motifs is 2. The van der Waals surface area contributed by atoms with Crippen molar-refractivity contribution in [1.82, 2.24) is 19.8 Å². The number of likely N-dealkylation sites (N-methyl/N-ethyl adjacent to an activating group) is 1. The van der Waals surface area contributed by atoms with E-state index < -0.39 is 17.3 Å². The van der Waals surface area contributed by atoms with E-state index in [2.05, 4.69) is 34.5 Å². The lowest BCUT2D eigenvalue weighted by atomic mass is 9.82. The summed E-state index contributed by atoms with van der Waals surface area (Å²) < 4.78 is 36.7. The van der Waals surface area contributed by atoms with E-state index in [1.54, 1.807) is 0 Å². The van der Waals surface area contributed by atoms with Gasteiger partial charge in [0.15, 0.2) is 0 Å². The van der Waals surface area contributed by atoms with E-state index in [9.17, 15) is 9.90 Å². The Balaban J connectivity index is 1.18. The maximum atomic E-state index is 15.2. The summed E-state index contributed by atoms with van der Waals surface area (Å²) in [5, 5.41) is 14.2. The first kappa shape index (κ1) is 37.6. The quantitative estimate of drug-likeness (QED) is 0.222. The summed E-state index contributed by atoms with van der Waals surface area (Å²) in [7, 11) is 1.86. The summed E-state index contributed by atoms with van der Waals surface area (Å²) in [5.41, 5.74) is 2.53. The molecule has 3 heterocycles. The number of alkyl halides is 1. The minimum absolute atomic E-state index is 0.0576. The van der Waals surface area contributed by atoms with Gasteiger partial charge < -0.3 is 25.0 Å². The number of hydrogen-bond acceptors (Lipinski definition) is 8. The third-order valence-corrected chi connectivity index (χ3v) is 13.2. The van der Waals surface area contributed by atoms with E-state index in [4.69, 9.17) is 21.1 Å². The Morgan fingerprint density at radius 3 is 2.62 bits per heavy atom. The Hall–Kier alpha value is -3.75. The number of hydrogen-bond donors (Lipinski definition) is 2. The van der Waals surface area contributed by atoms with Gasteiger partial charge in [-0.05, 0) is 95.8 Å². The third-order valence-electron chi connectivity index (χ3n) is 13.2. The van der Waals surface area contributed by atoms with Crippen molar-refractivity contribution in [3.05, 3.63) is 53.0 Å². The van der Waals surface area contributed by atoms with Crippen LogP contribution in [0, 0.1) is 18.2 Å². The van der Waals surface area contributed by atoms with E-state index >= 15 is 8.78 Å². The van der Waals surface area contributed by atoms with Crippen molar-refractivity contribution < 1.29 is 23.4 Å². The van der Waals surface area contributed by atoms with Crippen LogP contribution in [0.3, 0.4) is 0 Å². The fourth-order valence-corrected chi connectivity index (χ4v) is 10.1. The minimum atomic E-state index is -0.962. The van der Waals surface area contributed by atoms with Gasteiger partial charge in [-0.2, -0.15) is 9.97 Å². The number of ether oxygens (including phenoxy) is 1. The number of nitrogens with one attached hydrogen (secondary N) is 1. The molecule has 0 radical (unpaired) electrons. The summed E-state index contributed by atoms with van der Waals surface area (Å²) >= 11 is 0. The highest BCUT2D eigenvalue weighted by molar-refractivity contribution is 5.87. The average molecular weight is 731 g/mol. The lowest BCUT2D eigenvalue weighted by Gasteiger charge is -2.44. The first-order valence-electron chi connectivity index (χ1n) is 19.7. The van der Waals surface area contributed by atoms with E-state index in [0.717, 1.165) is 86.8 Å². The van der Waals surface area contributed by atoms with Crippen molar-refractivity contribution in [2.45, 2.75) is 139 Å². The van der Waals surface area contributed by atoms with Crippen LogP contribution >= 0.6 is 0 Å². The topological polar surface area (TPSA) is 94.1 Å². The van der Waals surface area contributed by atoms with Gasteiger partial charge in [0.1, 0.15) is 24.4 Å².